The molecule has 3 aromatic rings. The number of methoxy groups -OCH3 is 1. The Bertz CT molecular complexity index is 1280. The lowest BCUT2D eigenvalue weighted by Crippen LogP contribution is -2.50. The highest BCUT2D eigenvalue weighted by atomic mass is 16.6. The van der Waals surface area contributed by atoms with Gasteiger partial charge in [0.2, 0.25) is 11.7 Å². The second-order valence-electron chi connectivity index (χ2n) is 8.51. The molecule has 9 nitrogen and oxygen atoms in total. The number of nitrogens with one attached hydrogen (secondary N) is 2. The van der Waals surface area contributed by atoms with Crippen LogP contribution in [-0.2, 0) is 11.8 Å². The number of ether oxygens (including phenoxy) is 3. The summed E-state index contributed by atoms with van der Waals surface area (Å²) in [6, 6.07) is 10.1. The highest BCUT2D eigenvalue weighted by molar-refractivity contribution is 6.04. The molecule has 5 rings (SSSR count). The summed E-state index contributed by atoms with van der Waals surface area (Å²) in [6.45, 7) is 4.64. The molecule has 0 saturated carbocycles. The number of aryl methyl sites for hydroxylation is 3. The summed E-state index contributed by atoms with van der Waals surface area (Å²) < 4.78 is 18.8. The molecule has 0 spiro atoms. The Morgan fingerprint density at radius 3 is 2.76 bits per heavy atom. The molecule has 0 aliphatic carbocycles. The van der Waals surface area contributed by atoms with E-state index in [9.17, 15) is 9.59 Å². The molecule has 2 N–H and O–H groups in total. The highest BCUT2D eigenvalue weighted by Crippen LogP contribution is 2.46. The van der Waals surface area contributed by atoms with Gasteiger partial charge in [0.05, 0.1) is 12.8 Å². The zero-order chi connectivity index (χ0) is 24.0. The van der Waals surface area contributed by atoms with Gasteiger partial charge in [0, 0.05) is 24.1 Å². The fraction of sp³-hybridized carbons (Fsp3) is 0.320. The first kappa shape index (κ1) is 21.8. The van der Waals surface area contributed by atoms with Crippen molar-refractivity contribution in [3.8, 4) is 17.2 Å². The summed E-state index contributed by atoms with van der Waals surface area (Å²) in [4.78, 5) is 26.5. The Labute approximate surface area is 197 Å². The van der Waals surface area contributed by atoms with Crippen molar-refractivity contribution >= 4 is 17.6 Å². The maximum absolute atomic E-state index is 13.3. The Balaban J connectivity index is 1.63. The first-order valence-electron chi connectivity index (χ1n) is 11.1. The van der Waals surface area contributed by atoms with Crippen LogP contribution >= 0.6 is 0 Å². The maximum atomic E-state index is 13.3. The van der Waals surface area contributed by atoms with E-state index >= 15 is 0 Å². The average Bonchev–Trinajstić information content (AvgIpc) is 3.11. The van der Waals surface area contributed by atoms with E-state index in [2.05, 4.69) is 15.7 Å². The highest BCUT2D eigenvalue weighted by Gasteiger charge is 2.42. The molecule has 2 aromatic carbocycles. The first-order valence-corrected chi connectivity index (χ1v) is 11.1. The summed E-state index contributed by atoms with van der Waals surface area (Å²) in [5.74, 6) is 1.00. The number of anilines is 1. The van der Waals surface area contributed by atoms with Crippen molar-refractivity contribution in [2.45, 2.75) is 25.8 Å². The number of rotatable bonds is 4. The molecule has 176 valence electrons. The average molecular weight is 463 g/mol. The summed E-state index contributed by atoms with van der Waals surface area (Å²) in [5.41, 5.74) is 3.78. The minimum atomic E-state index is -0.879. The molecule has 0 bridgehead atoms. The van der Waals surface area contributed by atoms with Gasteiger partial charge in [-0.15, -0.1) is 0 Å². The van der Waals surface area contributed by atoms with E-state index in [4.69, 9.17) is 14.2 Å². The van der Waals surface area contributed by atoms with E-state index in [1.807, 2.05) is 38.1 Å². The summed E-state index contributed by atoms with van der Waals surface area (Å²) >= 11 is 0. The van der Waals surface area contributed by atoms with Crippen LogP contribution in [0.3, 0.4) is 0 Å². The number of amides is 2. The van der Waals surface area contributed by atoms with Crippen molar-refractivity contribution in [1.29, 1.82) is 0 Å². The fourth-order valence-corrected chi connectivity index (χ4v) is 4.70. The number of carbonyl (C=O) groups excluding carboxylic acids is 2. The van der Waals surface area contributed by atoms with Gasteiger partial charge in [-0.1, -0.05) is 17.7 Å². The number of benzene rings is 2. The minimum absolute atomic E-state index is 0.324. The lowest BCUT2D eigenvalue weighted by molar-refractivity contribution is -0.118. The smallest absolute Gasteiger partial charge is 0.251 e. The Morgan fingerprint density at radius 1 is 1.21 bits per heavy atom. The topological polar surface area (TPSA) is 104 Å². The SMILES string of the molecule is COc1cc([C@@H]2c3c(C)nn(C)c3NC(=O)[C@H]2NC(=O)c2cccc(C)c2)cc2c1OCCO2. The van der Waals surface area contributed by atoms with Crippen LogP contribution in [0.1, 0.15) is 38.7 Å². The van der Waals surface area contributed by atoms with Crippen LogP contribution in [0.25, 0.3) is 0 Å². The van der Waals surface area contributed by atoms with Gasteiger partial charge >= 0.3 is 0 Å². The van der Waals surface area contributed by atoms with Crippen LogP contribution in [0.2, 0.25) is 0 Å². The maximum Gasteiger partial charge on any atom is 0.251 e. The third-order valence-electron chi connectivity index (χ3n) is 6.21. The number of fused-ring (bicyclic) bond motifs is 2. The van der Waals surface area contributed by atoms with Gasteiger partial charge in [0.25, 0.3) is 5.91 Å². The van der Waals surface area contributed by atoms with Gasteiger partial charge in [0.15, 0.2) is 11.5 Å². The molecule has 0 unspecified atom stereocenters. The summed E-state index contributed by atoms with van der Waals surface area (Å²) in [5, 5.41) is 10.4. The molecular formula is C25H26N4O5. The zero-order valence-electron chi connectivity index (χ0n) is 19.5. The molecule has 0 radical (unpaired) electrons. The molecule has 1 aromatic heterocycles. The van der Waals surface area contributed by atoms with Crippen molar-refractivity contribution in [3.63, 3.8) is 0 Å². The third kappa shape index (κ3) is 3.63. The van der Waals surface area contributed by atoms with Gasteiger partial charge in [-0.2, -0.15) is 5.10 Å². The van der Waals surface area contributed by atoms with Crippen LogP contribution in [0, 0.1) is 13.8 Å². The zero-order valence-corrected chi connectivity index (χ0v) is 19.5. The number of hydrogen-bond donors (Lipinski definition) is 2. The van der Waals surface area contributed by atoms with Crippen molar-refractivity contribution in [2.24, 2.45) is 7.05 Å². The van der Waals surface area contributed by atoms with Crippen LogP contribution in [-0.4, -0.2) is 48.0 Å². The molecule has 2 atom stereocenters. The van der Waals surface area contributed by atoms with Gasteiger partial charge in [-0.05, 0) is 43.7 Å². The quantitative estimate of drug-likeness (QED) is 0.618. The molecule has 2 amide bonds. The first-order chi connectivity index (χ1) is 16.4. The number of nitrogens with zero attached hydrogens (tertiary/aromatic N) is 2. The van der Waals surface area contributed by atoms with E-state index in [-0.39, 0.29) is 11.8 Å². The molecule has 9 heteroatoms. The second-order valence-corrected chi connectivity index (χ2v) is 8.51. The lowest BCUT2D eigenvalue weighted by Gasteiger charge is -2.33. The lowest BCUT2D eigenvalue weighted by atomic mass is 9.81. The predicted molar refractivity (Wildman–Crippen MR) is 125 cm³/mol. The van der Waals surface area contributed by atoms with Gasteiger partial charge in [0.1, 0.15) is 25.1 Å². The van der Waals surface area contributed by atoms with Crippen LogP contribution < -0.4 is 24.8 Å². The van der Waals surface area contributed by atoms with Crippen LogP contribution in [0.5, 0.6) is 17.2 Å². The molecule has 2 aliphatic heterocycles. The predicted octanol–water partition coefficient (Wildman–Crippen LogP) is 2.70. The third-order valence-corrected chi connectivity index (χ3v) is 6.21. The van der Waals surface area contributed by atoms with E-state index in [0.29, 0.717) is 41.8 Å². The molecule has 34 heavy (non-hydrogen) atoms. The Kier molecular flexibility index (Phi) is 5.39. The number of hydrogen-bond acceptors (Lipinski definition) is 6. The van der Waals surface area contributed by atoms with E-state index in [0.717, 1.165) is 22.4 Å². The molecular weight excluding hydrogens is 436 g/mol. The van der Waals surface area contributed by atoms with Gasteiger partial charge in [-0.25, -0.2) is 0 Å². The standard InChI is InChI=1S/C25H26N4O5/c1-13-6-5-7-15(10-13)24(30)26-21-20(19-14(2)28-29(3)23(19)27-25(21)31)16-11-17(32-4)22-18(12-16)33-8-9-34-22/h5-7,10-12,20-21H,8-9H2,1-4H3,(H,26,30)(H,27,31)/t20-,21+/m1/s1. The molecule has 2 aliphatic rings. The summed E-state index contributed by atoms with van der Waals surface area (Å²) in [7, 11) is 3.34. The minimum Gasteiger partial charge on any atom is -0.493 e. The number of aromatic nitrogens is 2. The number of carbonyl (C=O) groups is 2. The van der Waals surface area contributed by atoms with Gasteiger partial charge in [-0.3, -0.25) is 14.3 Å². The summed E-state index contributed by atoms with van der Waals surface area (Å²) in [6.07, 6.45) is 0. The van der Waals surface area contributed by atoms with Crippen molar-refractivity contribution < 1.29 is 23.8 Å². The van der Waals surface area contributed by atoms with Crippen LogP contribution in [0.4, 0.5) is 5.82 Å². The van der Waals surface area contributed by atoms with E-state index in [1.165, 1.54) is 0 Å². The monoisotopic (exact) mass is 462 g/mol. The van der Waals surface area contributed by atoms with Gasteiger partial charge < -0.3 is 24.8 Å². The van der Waals surface area contributed by atoms with Crippen LogP contribution in [0.15, 0.2) is 36.4 Å². The second kappa shape index (κ2) is 8.40. The fourth-order valence-electron chi connectivity index (χ4n) is 4.70. The van der Waals surface area contributed by atoms with Crippen molar-refractivity contribution in [3.05, 3.63) is 64.3 Å². The normalized spacial score (nSPS) is 18.6. The van der Waals surface area contributed by atoms with E-state index < -0.39 is 12.0 Å². The molecule has 0 fully saturated rings. The largest absolute Gasteiger partial charge is 0.493 e. The van der Waals surface area contributed by atoms with Crippen molar-refractivity contribution in [2.75, 3.05) is 25.6 Å². The Morgan fingerprint density at radius 2 is 2.00 bits per heavy atom. The Hall–Kier alpha value is -4.01. The van der Waals surface area contributed by atoms with Crippen molar-refractivity contribution in [1.82, 2.24) is 15.1 Å². The molecule has 0 saturated heterocycles. The molecule has 3 heterocycles. The van der Waals surface area contributed by atoms with E-state index in [1.54, 1.807) is 31.0 Å².